The lowest BCUT2D eigenvalue weighted by molar-refractivity contribution is -0.116. The third kappa shape index (κ3) is 5.18. The second kappa shape index (κ2) is 9.96. The summed E-state index contributed by atoms with van der Waals surface area (Å²) in [5, 5.41) is 2.90. The minimum atomic E-state index is -0.306. The molecule has 0 spiro atoms. The molecule has 0 unspecified atom stereocenters. The van der Waals surface area contributed by atoms with E-state index in [0.717, 1.165) is 22.5 Å². The Morgan fingerprint density at radius 2 is 1.55 bits per heavy atom. The fourth-order valence-corrected chi connectivity index (χ4v) is 3.55. The Balaban J connectivity index is 1.57. The second-order valence-corrected chi connectivity index (χ2v) is 7.75. The van der Waals surface area contributed by atoms with Gasteiger partial charge < -0.3 is 4.90 Å². The van der Waals surface area contributed by atoms with E-state index >= 15 is 0 Å². The van der Waals surface area contributed by atoms with E-state index in [0.29, 0.717) is 18.1 Å². The molecule has 1 heterocycles. The average molecular weight is 439 g/mol. The van der Waals surface area contributed by atoms with Crippen LogP contribution in [-0.4, -0.2) is 39.4 Å². The van der Waals surface area contributed by atoms with Crippen molar-refractivity contribution in [3.8, 4) is 16.9 Å². The molecule has 0 aliphatic carbocycles. The highest BCUT2D eigenvalue weighted by Crippen LogP contribution is 2.24. The van der Waals surface area contributed by atoms with Crippen molar-refractivity contribution in [2.45, 2.75) is 13.8 Å². The number of likely N-dealkylation sites (N-methyl/N-ethyl adjacent to an activating group) is 1. The number of para-hydroxylation sites is 1. The van der Waals surface area contributed by atoms with Gasteiger partial charge in [-0.2, -0.15) is 0 Å². The second-order valence-electron chi connectivity index (χ2n) is 7.75. The van der Waals surface area contributed by atoms with Crippen molar-refractivity contribution in [1.82, 2.24) is 14.5 Å². The minimum absolute atomic E-state index is 0.0640. The van der Waals surface area contributed by atoms with E-state index in [2.05, 4.69) is 10.3 Å². The van der Waals surface area contributed by atoms with Crippen molar-refractivity contribution < 1.29 is 9.59 Å². The number of hydrogen-bond donors (Lipinski definition) is 1. The van der Waals surface area contributed by atoms with Gasteiger partial charge in [-0.25, -0.2) is 4.98 Å². The molecule has 166 valence electrons. The number of aromatic nitrogens is 2. The first kappa shape index (κ1) is 22.0. The number of benzene rings is 3. The Bertz CT molecular complexity index is 1230. The summed E-state index contributed by atoms with van der Waals surface area (Å²) >= 11 is 0. The van der Waals surface area contributed by atoms with Crippen LogP contribution in [0.4, 0.5) is 5.95 Å². The predicted octanol–water partition coefficient (Wildman–Crippen LogP) is 4.95. The first-order valence-electron chi connectivity index (χ1n) is 10.9. The topological polar surface area (TPSA) is 67.2 Å². The number of carbonyl (C=O) groups excluding carboxylic acids is 2. The third-order valence-corrected chi connectivity index (χ3v) is 5.36. The van der Waals surface area contributed by atoms with E-state index in [1.54, 1.807) is 12.1 Å². The zero-order valence-corrected chi connectivity index (χ0v) is 18.7. The number of amides is 2. The van der Waals surface area contributed by atoms with Gasteiger partial charge in [-0.1, -0.05) is 66.2 Å². The Kier molecular flexibility index (Phi) is 6.64. The maximum atomic E-state index is 12.9. The summed E-state index contributed by atoms with van der Waals surface area (Å²) in [6.45, 7) is 4.18. The number of imidazole rings is 1. The molecule has 6 heteroatoms. The molecule has 0 radical (unpaired) electrons. The average Bonchev–Trinajstić information content (AvgIpc) is 3.27. The predicted molar refractivity (Wildman–Crippen MR) is 130 cm³/mol. The molecule has 33 heavy (non-hydrogen) atoms. The number of hydrogen-bond acceptors (Lipinski definition) is 3. The van der Waals surface area contributed by atoms with Crippen LogP contribution in [0.2, 0.25) is 0 Å². The number of aryl methyl sites for hydroxylation is 1. The SMILES string of the molecule is CCN(CC(=O)Nc1nc(-c2ccccc2)cn1-c1ccccc1)C(=O)c1ccc(C)cc1. The first-order chi connectivity index (χ1) is 16.0. The Morgan fingerprint density at radius 3 is 2.18 bits per heavy atom. The van der Waals surface area contributed by atoms with Crippen LogP contribution in [0, 0.1) is 6.92 Å². The zero-order chi connectivity index (χ0) is 23.2. The van der Waals surface area contributed by atoms with Crippen molar-refractivity contribution in [1.29, 1.82) is 0 Å². The van der Waals surface area contributed by atoms with E-state index in [4.69, 9.17) is 0 Å². The summed E-state index contributed by atoms with van der Waals surface area (Å²) < 4.78 is 1.85. The smallest absolute Gasteiger partial charge is 0.254 e. The number of nitrogens with zero attached hydrogens (tertiary/aromatic N) is 3. The first-order valence-corrected chi connectivity index (χ1v) is 10.9. The summed E-state index contributed by atoms with van der Waals surface area (Å²) in [7, 11) is 0. The van der Waals surface area contributed by atoms with Crippen molar-refractivity contribution >= 4 is 17.8 Å². The molecule has 0 saturated heterocycles. The standard InChI is InChI=1S/C27H26N4O2/c1-3-30(26(33)22-16-14-20(2)15-17-22)19-25(32)29-27-28-24(21-10-6-4-7-11-21)18-31(27)23-12-8-5-9-13-23/h4-18H,3,19H2,1-2H3,(H,28,29,32). The highest BCUT2D eigenvalue weighted by Gasteiger charge is 2.19. The quantitative estimate of drug-likeness (QED) is 0.444. The highest BCUT2D eigenvalue weighted by atomic mass is 16.2. The largest absolute Gasteiger partial charge is 0.330 e. The summed E-state index contributed by atoms with van der Waals surface area (Å²) in [4.78, 5) is 32.0. The number of anilines is 1. The number of carbonyl (C=O) groups is 2. The molecule has 2 amide bonds. The van der Waals surface area contributed by atoms with Crippen LogP contribution in [0.25, 0.3) is 16.9 Å². The van der Waals surface area contributed by atoms with Gasteiger partial charge in [0.25, 0.3) is 5.91 Å². The minimum Gasteiger partial charge on any atom is -0.330 e. The summed E-state index contributed by atoms with van der Waals surface area (Å²) in [5.41, 5.74) is 4.22. The van der Waals surface area contributed by atoms with Crippen LogP contribution >= 0.6 is 0 Å². The van der Waals surface area contributed by atoms with E-state index in [9.17, 15) is 9.59 Å². The van der Waals surface area contributed by atoms with Crippen LogP contribution in [0.1, 0.15) is 22.8 Å². The lowest BCUT2D eigenvalue weighted by Crippen LogP contribution is -2.38. The van der Waals surface area contributed by atoms with Crippen molar-refractivity contribution in [3.05, 3.63) is 102 Å². The normalized spacial score (nSPS) is 10.6. The van der Waals surface area contributed by atoms with Gasteiger partial charge in [0.2, 0.25) is 11.9 Å². The Hall–Kier alpha value is -4.19. The maximum Gasteiger partial charge on any atom is 0.254 e. The molecular weight excluding hydrogens is 412 g/mol. The Labute approximate surface area is 193 Å². The van der Waals surface area contributed by atoms with E-state index in [-0.39, 0.29) is 18.4 Å². The van der Waals surface area contributed by atoms with Gasteiger partial charge in [0, 0.05) is 29.6 Å². The van der Waals surface area contributed by atoms with E-state index in [1.807, 2.05) is 97.4 Å². The van der Waals surface area contributed by atoms with Gasteiger partial charge in [0.15, 0.2) is 0 Å². The lowest BCUT2D eigenvalue weighted by atomic mass is 10.1. The van der Waals surface area contributed by atoms with Gasteiger partial charge >= 0.3 is 0 Å². The molecule has 4 aromatic rings. The van der Waals surface area contributed by atoms with E-state index < -0.39 is 0 Å². The van der Waals surface area contributed by atoms with Gasteiger partial charge in [0.1, 0.15) is 6.54 Å². The monoisotopic (exact) mass is 438 g/mol. The Morgan fingerprint density at radius 1 is 0.909 bits per heavy atom. The van der Waals surface area contributed by atoms with Crippen molar-refractivity contribution in [2.24, 2.45) is 0 Å². The summed E-state index contributed by atoms with van der Waals surface area (Å²) in [6.07, 6.45) is 1.90. The zero-order valence-electron chi connectivity index (χ0n) is 18.7. The fourth-order valence-electron chi connectivity index (χ4n) is 3.55. The van der Waals surface area contributed by atoms with E-state index in [1.165, 1.54) is 4.90 Å². The molecular formula is C27H26N4O2. The van der Waals surface area contributed by atoms with Crippen LogP contribution in [-0.2, 0) is 4.79 Å². The van der Waals surface area contributed by atoms with Crippen LogP contribution in [0.15, 0.2) is 91.1 Å². The molecule has 3 aromatic carbocycles. The van der Waals surface area contributed by atoms with Gasteiger partial charge in [-0.3, -0.25) is 19.5 Å². The number of rotatable bonds is 7. The van der Waals surface area contributed by atoms with Gasteiger partial charge in [-0.05, 0) is 38.1 Å². The molecule has 0 bridgehead atoms. The summed E-state index contributed by atoms with van der Waals surface area (Å²) in [6, 6.07) is 26.9. The lowest BCUT2D eigenvalue weighted by Gasteiger charge is -2.20. The highest BCUT2D eigenvalue weighted by molar-refractivity contribution is 5.99. The van der Waals surface area contributed by atoms with Crippen LogP contribution in [0.3, 0.4) is 0 Å². The van der Waals surface area contributed by atoms with Crippen LogP contribution < -0.4 is 5.32 Å². The fraction of sp³-hybridized carbons (Fsp3) is 0.148. The summed E-state index contributed by atoms with van der Waals surface area (Å²) in [5.74, 6) is -0.0763. The third-order valence-electron chi connectivity index (χ3n) is 5.36. The van der Waals surface area contributed by atoms with Crippen LogP contribution in [0.5, 0.6) is 0 Å². The van der Waals surface area contributed by atoms with Crippen molar-refractivity contribution in [3.63, 3.8) is 0 Å². The van der Waals surface area contributed by atoms with Gasteiger partial charge in [0.05, 0.1) is 5.69 Å². The molecule has 6 nitrogen and oxygen atoms in total. The molecule has 0 aliphatic heterocycles. The molecule has 4 rings (SSSR count). The maximum absolute atomic E-state index is 12.9. The molecule has 0 saturated carbocycles. The molecule has 0 fully saturated rings. The molecule has 0 aliphatic rings. The molecule has 1 aromatic heterocycles. The number of nitrogens with one attached hydrogen (secondary N) is 1. The molecule has 1 N–H and O–H groups in total. The molecule has 0 atom stereocenters. The van der Waals surface area contributed by atoms with Crippen molar-refractivity contribution in [2.75, 3.05) is 18.4 Å². The van der Waals surface area contributed by atoms with Gasteiger partial charge in [-0.15, -0.1) is 0 Å².